The Hall–Kier alpha value is -2.31. The molecule has 0 aliphatic rings. The van der Waals surface area contributed by atoms with Gasteiger partial charge in [-0.1, -0.05) is 23.2 Å². The van der Waals surface area contributed by atoms with E-state index in [-0.39, 0.29) is 0 Å². The van der Waals surface area contributed by atoms with E-state index in [0.29, 0.717) is 21.5 Å². The summed E-state index contributed by atoms with van der Waals surface area (Å²) in [4.78, 5) is 23.2. The number of halogens is 3. The summed E-state index contributed by atoms with van der Waals surface area (Å²) in [6.45, 7) is -0.891. The molecule has 0 saturated heterocycles. The number of hydrogen-bond donors (Lipinski definition) is 1. The number of ether oxygens (including phenoxy) is 2. The van der Waals surface area contributed by atoms with Crippen molar-refractivity contribution in [1.82, 2.24) is 0 Å². The van der Waals surface area contributed by atoms with Crippen molar-refractivity contribution < 1.29 is 23.5 Å². The highest BCUT2D eigenvalue weighted by Crippen LogP contribution is 2.22. The van der Waals surface area contributed by atoms with Crippen LogP contribution < -0.4 is 10.1 Å². The van der Waals surface area contributed by atoms with Gasteiger partial charge < -0.3 is 14.8 Å². The Balaban J connectivity index is 1.74. The van der Waals surface area contributed by atoms with Gasteiger partial charge in [0.2, 0.25) is 0 Å². The highest BCUT2D eigenvalue weighted by atomic mass is 35.5. The Labute approximate surface area is 147 Å². The standard InChI is InChI=1S/C16H12Cl2FNO4/c17-10-5-11(18)7-13(6-10)20-15(21)8-24-16(22)9-23-14-3-1-12(19)2-4-14/h1-7H,8-9H2,(H,20,21). The topological polar surface area (TPSA) is 64.6 Å². The van der Waals surface area contributed by atoms with Gasteiger partial charge in [0.05, 0.1) is 0 Å². The van der Waals surface area contributed by atoms with Gasteiger partial charge in [-0.3, -0.25) is 4.79 Å². The van der Waals surface area contributed by atoms with E-state index in [2.05, 4.69) is 5.32 Å². The van der Waals surface area contributed by atoms with E-state index in [1.54, 1.807) is 0 Å². The first-order valence-corrected chi connectivity index (χ1v) is 7.48. The van der Waals surface area contributed by atoms with Gasteiger partial charge in [-0.05, 0) is 42.5 Å². The molecule has 1 N–H and O–H groups in total. The third-order valence-electron chi connectivity index (χ3n) is 2.68. The van der Waals surface area contributed by atoms with Gasteiger partial charge in [0.25, 0.3) is 5.91 Å². The third-order valence-corrected chi connectivity index (χ3v) is 3.12. The van der Waals surface area contributed by atoms with Crippen molar-refractivity contribution in [2.24, 2.45) is 0 Å². The van der Waals surface area contributed by atoms with E-state index < -0.39 is 30.9 Å². The fourth-order valence-corrected chi connectivity index (χ4v) is 2.21. The lowest BCUT2D eigenvalue weighted by atomic mass is 10.3. The summed E-state index contributed by atoms with van der Waals surface area (Å²) in [6, 6.07) is 9.67. The first kappa shape index (κ1) is 18.0. The smallest absolute Gasteiger partial charge is 0.344 e. The molecule has 0 saturated carbocycles. The number of benzene rings is 2. The Morgan fingerprint density at radius 1 is 1.00 bits per heavy atom. The number of nitrogens with one attached hydrogen (secondary N) is 1. The molecule has 1 amide bonds. The molecule has 0 bridgehead atoms. The molecule has 0 aromatic heterocycles. The summed E-state index contributed by atoms with van der Waals surface area (Å²) >= 11 is 11.6. The average molecular weight is 372 g/mol. The first-order valence-electron chi connectivity index (χ1n) is 6.72. The van der Waals surface area contributed by atoms with Crippen molar-refractivity contribution in [2.75, 3.05) is 18.5 Å². The molecule has 0 atom stereocenters. The van der Waals surface area contributed by atoms with Gasteiger partial charge >= 0.3 is 5.97 Å². The minimum Gasteiger partial charge on any atom is -0.482 e. The molecule has 24 heavy (non-hydrogen) atoms. The van der Waals surface area contributed by atoms with E-state index in [0.717, 1.165) is 0 Å². The van der Waals surface area contributed by atoms with Crippen LogP contribution in [0.15, 0.2) is 42.5 Å². The number of carbonyl (C=O) groups excluding carboxylic acids is 2. The fraction of sp³-hybridized carbons (Fsp3) is 0.125. The van der Waals surface area contributed by atoms with E-state index in [4.69, 9.17) is 32.7 Å². The summed E-state index contributed by atoms with van der Waals surface area (Å²) in [6.07, 6.45) is 0. The molecule has 0 heterocycles. The summed E-state index contributed by atoms with van der Waals surface area (Å²) in [5, 5.41) is 3.22. The second-order valence-electron chi connectivity index (χ2n) is 4.61. The third kappa shape index (κ3) is 6.06. The van der Waals surface area contributed by atoms with Crippen LogP contribution in [-0.2, 0) is 14.3 Å². The number of anilines is 1. The molecule has 0 radical (unpaired) electrons. The Morgan fingerprint density at radius 3 is 2.25 bits per heavy atom. The quantitative estimate of drug-likeness (QED) is 0.786. The lowest BCUT2D eigenvalue weighted by molar-refractivity contribution is -0.149. The second kappa shape index (κ2) is 8.52. The van der Waals surface area contributed by atoms with Gasteiger partial charge in [-0.25, -0.2) is 9.18 Å². The maximum Gasteiger partial charge on any atom is 0.344 e. The molecular formula is C16H12Cl2FNO4. The van der Waals surface area contributed by atoms with Gasteiger partial charge in [0, 0.05) is 15.7 Å². The monoisotopic (exact) mass is 371 g/mol. The molecule has 0 spiro atoms. The number of rotatable bonds is 6. The van der Waals surface area contributed by atoms with Crippen molar-refractivity contribution in [1.29, 1.82) is 0 Å². The number of hydrogen-bond acceptors (Lipinski definition) is 4. The maximum absolute atomic E-state index is 12.7. The predicted molar refractivity (Wildman–Crippen MR) is 87.9 cm³/mol. The first-order chi connectivity index (χ1) is 11.4. The van der Waals surface area contributed by atoms with E-state index >= 15 is 0 Å². The molecule has 0 aliphatic heterocycles. The van der Waals surface area contributed by atoms with Crippen LogP contribution >= 0.6 is 23.2 Å². The molecule has 2 aromatic carbocycles. The summed E-state index contributed by atoms with van der Waals surface area (Å²) < 4.78 is 22.6. The summed E-state index contributed by atoms with van der Waals surface area (Å²) in [7, 11) is 0. The highest BCUT2D eigenvalue weighted by Gasteiger charge is 2.09. The zero-order valence-electron chi connectivity index (χ0n) is 12.2. The average Bonchev–Trinajstić information content (AvgIpc) is 2.51. The van der Waals surface area contributed by atoms with E-state index in [1.807, 2.05) is 0 Å². The molecular weight excluding hydrogens is 360 g/mol. The van der Waals surface area contributed by atoms with Crippen LogP contribution in [0.4, 0.5) is 10.1 Å². The van der Waals surface area contributed by atoms with Gasteiger partial charge in [0.1, 0.15) is 11.6 Å². The zero-order valence-corrected chi connectivity index (χ0v) is 13.7. The Kier molecular flexibility index (Phi) is 6.40. The van der Waals surface area contributed by atoms with Crippen LogP contribution in [0.5, 0.6) is 5.75 Å². The molecule has 0 unspecified atom stereocenters. The van der Waals surface area contributed by atoms with Crippen molar-refractivity contribution in [2.45, 2.75) is 0 Å². The molecule has 0 fully saturated rings. The zero-order chi connectivity index (χ0) is 17.5. The van der Waals surface area contributed by atoms with Crippen LogP contribution in [0.3, 0.4) is 0 Å². The lowest BCUT2D eigenvalue weighted by Crippen LogP contribution is -2.23. The van der Waals surface area contributed by atoms with Gasteiger partial charge in [-0.2, -0.15) is 0 Å². The molecule has 2 rings (SSSR count). The van der Waals surface area contributed by atoms with Crippen molar-refractivity contribution >= 4 is 40.8 Å². The van der Waals surface area contributed by atoms with E-state index in [9.17, 15) is 14.0 Å². The van der Waals surface area contributed by atoms with E-state index in [1.165, 1.54) is 42.5 Å². The van der Waals surface area contributed by atoms with Gasteiger partial charge in [-0.15, -0.1) is 0 Å². The molecule has 0 aliphatic carbocycles. The number of carbonyl (C=O) groups is 2. The summed E-state index contributed by atoms with van der Waals surface area (Å²) in [5.74, 6) is -1.39. The van der Waals surface area contributed by atoms with Gasteiger partial charge in [0.15, 0.2) is 13.2 Å². The second-order valence-corrected chi connectivity index (χ2v) is 5.48. The highest BCUT2D eigenvalue weighted by molar-refractivity contribution is 6.35. The maximum atomic E-state index is 12.7. The minimum atomic E-state index is -0.737. The van der Waals surface area contributed by atoms with Crippen LogP contribution in [0.25, 0.3) is 0 Å². The van der Waals surface area contributed by atoms with Crippen LogP contribution in [0.2, 0.25) is 10.0 Å². The van der Waals surface area contributed by atoms with Crippen LogP contribution in [0, 0.1) is 5.82 Å². The van der Waals surface area contributed by atoms with Crippen molar-refractivity contribution in [3.63, 3.8) is 0 Å². The normalized spacial score (nSPS) is 10.1. The Morgan fingerprint density at radius 2 is 1.62 bits per heavy atom. The summed E-state index contributed by atoms with van der Waals surface area (Å²) in [5.41, 5.74) is 0.385. The fourth-order valence-electron chi connectivity index (χ4n) is 1.68. The molecule has 8 heteroatoms. The molecule has 126 valence electrons. The number of esters is 1. The molecule has 5 nitrogen and oxygen atoms in total. The predicted octanol–water partition coefficient (Wildman–Crippen LogP) is 3.69. The Bertz CT molecular complexity index is 717. The SMILES string of the molecule is O=C(COC(=O)COc1ccc(F)cc1)Nc1cc(Cl)cc(Cl)c1. The van der Waals surface area contributed by atoms with Crippen molar-refractivity contribution in [3.05, 3.63) is 58.3 Å². The molecule has 2 aromatic rings. The largest absolute Gasteiger partial charge is 0.482 e. The number of amides is 1. The minimum absolute atomic E-state index is 0.311. The lowest BCUT2D eigenvalue weighted by Gasteiger charge is -2.08. The van der Waals surface area contributed by atoms with Crippen LogP contribution in [-0.4, -0.2) is 25.1 Å². The van der Waals surface area contributed by atoms with Crippen LogP contribution in [0.1, 0.15) is 0 Å². The van der Waals surface area contributed by atoms with Crippen molar-refractivity contribution in [3.8, 4) is 5.75 Å².